The van der Waals surface area contributed by atoms with Crippen molar-refractivity contribution in [3.8, 4) is 0 Å². The summed E-state index contributed by atoms with van der Waals surface area (Å²) in [5.41, 5.74) is 3.43. The van der Waals surface area contributed by atoms with Gasteiger partial charge in [-0.05, 0) is 5.41 Å². The van der Waals surface area contributed by atoms with Crippen LogP contribution < -0.4 is 24.8 Å². The molecule has 0 fully saturated rings. The standard InChI is InChI=1S/C13H15.C9H13.C3H6.2ClH.Zr/c1-13(2,3)12-8-10-6-4-5-7-11(10)9-12;1-9(2,3)8-6-4-5-7-8;1-3-2;;;/h4-9H,1-3H3;4-7H,1-3H3;1-2H3;2*1H;/q2*-1;;;;+2/p-2. The molecule has 0 bridgehead atoms. The van der Waals surface area contributed by atoms with Crippen molar-refractivity contribution in [2.24, 2.45) is 0 Å². The Bertz CT molecular complexity index is 760. The molecule has 0 nitrogen and oxygen atoms in total. The molecule has 0 unspecified atom stereocenters. The molecule has 0 aliphatic heterocycles. The van der Waals surface area contributed by atoms with Crippen LogP contribution in [0.5, 0.6) is 0 Å². The quantitative estimate of drug-likeness (QED) is 0.412. The SMILES string of the molecule is CC(C)(C)[c-]1cccc1.CC(C)(C)c1cc2ccccc2[cH-]1.C[C](C)=[Zr+2].[Cl-].[Cl-]. The molecule has 154 valence electrons. The molecule has 0 aromatic heterocycles. The second kappa shape index (κ2) is 12.9. The maximum Gasteiger partial charge on any atom is -1.00 e. The van der Waals surface area contributed by atoms with Gasteiger partial charge in [0.25, 0.3) is 0 Å². The summed E-state index contributed by atoms with van der Waals surface area (Å²) in [4.78, 5) is 0. The van der Waals surface area contributed by atoms with Gasteiger partial charge in [0, 0.05) is 0 Å². The van der Waals surface area contributed by atoms with Crippen LogP contribution in [0.15, 0.2) is 60.7 Å². The average Bonchev–Trinajstić information content (AvgIpc) is 3.16. The van der Waals surface area contributed by atoms with Crippen molar-refractivity contribution >= 4 is 14.0 Å². The monoisotopic (exact) mass is 494 g/mol. The van der Waals surface area contributed by atoms with Crippen LogP contribution in [-0.4, -0.2) is 3.21 Å². The Morgan fingerprint density at radius 1 is 0.857 bits per heavy atom. The summed E-state index contributed by atoms with van der Waals surface area (Å²) >= 11 is 1.55. The predicted octanol–water partition coefficient (Wildman–Crippen LogP) is 1.31. The van der Waals surface area contributed by atoms with Gasteiger partial charge in [0.05, 0.1) is 0 Å². The van der Waals surface area contributed by atoms with Crippen LogP contribution in [0.4, 0.5) is 0 Å². The number of benzene rings is 1. The first kappa shape index (κ1) is 29.7. The van der Waals surface area contributed by atoms with Gasteiger partial charge in [-0.1, -0.05) is 53.0 Å². The minimum Gasteiger partial charge on any atom is -1.00 e. The third-order valence-electron chi connectivity index (χ3n) is 4.01. The van der Waals surface area contributed by atoms with Crippen LogP contribution in [0, 0.1) is 0 Å². The molecule has 0 N–H and O–H groups in total. The minimum absolute atomic E-state index is 0. The molecule has 0 spiro atoms. The first-order valence-electron chi connectivity index (χ1n) is 9.31. The summed E-state index contributed by atoms with van der Waals surface area (Å²) in [7, 11) is 0. The maximum absolute atomic E-state index is 2.29. The molecule has 0 radical (unpaired) electrons. The Morgan fingerprint density at radius 3 is 1.68 bits per heavy atom. The topological polar surface area (TPSA) is 0 Å². The van der Waals surface area contributed by atoms with Crippen molar-refractivity contribution in [2.45, 2.75) is 66.2 Å². The van der Waals surface area contributed by atoms with Gasteiger partial charge in [0.2, 0.25) is 0 Å². The summed E-state index contributed by atoms with van der Waals surface area (Å²) in [5.74, 6) is 0. The fourth-order valence-electron chi connectivity index (χ4n) is 2.46. The van der Waals surface area contributed by atoms with E-state index in [9.17, 15) is 0 Å². The maximum atomic E-state index is 2.29. The van der Waals surface area contributed by atoms with E-state index in [1.54, 1.807) is 24.2 Å². The Kier molecular flexibility index (Phi) is 13.7. The van der Waals surface area contributed by atoms with Gasteiger partial charge in [-0.15, -0.1) is 40.6 Å². The van der Waals surface area contributed by atoms with Crippen molar-refractivity contribution in [3.05, 3.63) is 71.8 Å². The number of fused-ring (bicyclic) bond motifs is 1. The van der Waals surface area contributed by atoms with E-state index in [1.165, 1.54) is 25.1 Å². The number of hydrogen-bond donors (Lipinski definition) is 0. The van der Waals surface area contributed by atoms with Gasteiger partial charge < -0.3 is 24.8 Å². The number of rotatable bonds is 0. The van der Waals surface area contributed by atoms with E-state index < -0.39 is 0 Å². The van der Waals surface area contributed by atoms with Crippen LogP contribution in [-0.2, 0) is 35.1 Å². The van der Waals surface area contributed by atoms with Crippen molar-refractivity contribution in [2.75, 3.05) is 0 Å². The molecule has 0 saturated carbocycles. The zero-order chi connectivity index (χ0) is 20.0. The van der Waals surface area contributed by atoms with E-state index in [4.69, 9.17) is 0 Å². The van der Waals surface area contributed by atoms with E-state index in [-0.39, 0.29) is 30.2 Å². The zero-order valence-electron chi connectivity index (χ0n) is 18.5. The third kappa shape index (κ3) is 10.9. The molecule has 0 amide bonds. The average molecular weight is 497 g/mol. The Morgan fingerprint density at radius 2 is 1.32 bits per heavy atom. The van der Waals surface area contributed by atoms with Gasteiger partial charge in [-0.25, -0.2) is 12.1 Å². The smallest absolute Gasteiger partial charge is 1.00 e. The van der Waals surface area contributed by atoms with Gasteiger partial charge in [0.15, 0.2) is 0 Å². The molecule has 0 aliphatic rings. The van der Waals surface area contributed by atoms with Crippen molar-refractivity contribution in [1.29, 1.82) is 0 Å². The molecule has 0 atom stereocenters. The van der Waals surface area contributed by atoms with Gasteiger partial charge in [-0.3, -0.25) is 0 Å². The first-order valence-corrected chi connectivity index (χ1v) is 10.5. The fraction of sp³-hybridized carbons (Fsp3) is 0.400. The Balaban J connectivity index is 0. The van der Waals surface area contributed by atoms with Crippen LogP contribution >= 0.6 is 0 Å². The van der Waals surface area contributed by atoms with Gasteiger partial charge in [0.1, 0.15) is 0 Å². The Labute approximate surface area is 200 Å². The summed E-state index contributed by atoms with van der Waals surface area (Å²) in [5, 5.41) is 2.71. The second-order valence-electron chi connectivity index (χ2n) is 9.05. The number of halogens is 2. The van der Waals surface area contributed by atoms with Crippen LogP contribution in [0.2, 0.25) is 0 Å². The molecule has 0 saturated heterocycles. The molecular formula is C25H34Cl2Zr-2. The summed E-state index contributed by atoms with van der Waals surface area (Å²) in [6.07, 6.45) is 0. The molecule has 0 heterocycles. The number of hydrogen-bond acceptors (Lipinski definition) is 0. The van der Waals surface area contributed by atoms with Gasteiger partial charge >= 0.3 is 41.3 Å². The molecule has 0 aliphatic carbocycles. The molecule has 3 heteroatoms. The largest absolute Gasteiger partial charge is 1.00 e. The predicted molar refractivity (Wildman–Crippen MR) is 115 cm³/mol. The normalized spacial score (nSPS) is 10.5. The van der Waals surface area contributed by atoms with E-state index in [2.05, 4.69) is 116 Å². The summed E-state index contributed by atoms with van der Waals surface area (Å²) in [6, 6.07) is 21.6. The van der Waals surface area contributed by atoms with Crippen molar-refractivity contribution in [3.63, 3.8) is 0 Å². The van der Waals surface area contributed by atoms with E-state index >= 15 is 0 Å². The van der Waals surface area contributed by atoms with Crippen molar-refractivity contribution < 1.29 is 49.0 Å². The molecule has 3 aromatic carbocycles. The van der Waals surface area contributed by atoms with E-state index in [0.717, 1.165) is 0 Å². The van der Waals surface area contributed by atoms with Crippen LogP contribution in [0.3, 0.4) is 0 Å². The minimum atomic E-state index is 0. The van der Waals surface area contributed by atoms with E-state index in [1.807, 2.05) is 0 Å². The van der Waals surface area contributed by atoms with Crippen LogP contribution in [0.1, 0.15) is 66.5 Å². The molecule has 3 rings (SSSR count). The third-order valence-corrected chi connectivity index (χ3v) is 4.01. The molecule has 28 heavy (non-hydrogen) atoms. The molecule has 3 aromatic rings. The van der Waals surface area contributed by atoms with Crippen LogP contribution in [0.25, 0.3) is 10.8 Å². The van der Waals surface area contributed by atoms with Gasteiger partial charge in [-0.2, -0.15) is 23.8 Å². The second-order valence-corrected chi connectivity index (χ2v) is 11.5. The van der Waals surface area contributed by atoms with E-state index in [0.29, 0.717) is 5.41 Å². The molecular weight excluding hydrogens is 462 g/mol. The first-order chi connectivity index (χ1) is 11.9. The Hall–Kier alpha value is -0.487. The summed E-state index contributed by atoms with van der Waals surface area (Å²) < 4.78 is 1.51. The zero-order valence-corrected chi connectivity index (χ0v) is 22.5. The summed E-state index contributed by atoms with van der Waals surface area (Å²) in [6.45, 7) is 17.7. The van der Waals surface area contributed by atoms with Crippen molar-refractivity contribution in [1.82, 2.24) is 0 Å². The fourth-order valence-corrected chi connectivity index (χ4v) is 2.46.